The van der Waals surface area contributed by atoms with E-state index < -0.39 is 15.6 Å². The zero-order valence-corrected chi connectivity index (χ0v) is 13.5. The monoisotopic (exact) mass is 351 g/mol. The van der Waals surface area contributed by atoms with E-state index in [0.29, 0.717) is 11.0 Å². The summed E-state index contributed by atoms with van der Waals surface area (Å²) >= 11 is 3.17. The first-order valence-electron chi connectivity index (χ1n) is 5.60. The molecule has 1 heterocycles. The van der Waals surface area contributed by atoms with Gasteiger partial charge in [0.1, 0.15) is 4.90 Å². The molecule has 1 atom stereocenters. The van der Waals surface area contributed by atoms with Crippen LogP contribution in [0.25, 0.3) is 0 Å². The molecule has 1 aromatic rings. The molecule has 8 heteroatoms. The van der Waals surface area contributed by atoms with E-state index in [0.717, 1.165) is 0 Å². The van der Waals surface area contributed by atoms with Crippen molar-refractivity contribution in [3.8, 4) is 0 Å². The van der Waals surface area contributed by atoms with Crippen LogP contribution in [0.4, 0.5) is 0 Å². The van der Waals surface area contributed by atoms with Crippen LogP contribution in [0.1, 0.15) is 6.92 Å². The Labute approximate surface area is 122 Å². The standard InChI is InChI=1S/C11H18BrN3O3S/c1-11(16,8-15(2)3)7-14-19(17,18)10-4-9(12)5-13-6-10/h4-6,14,16H,7-8H2,1-3H3. The number of sulfonamides is 1. The van der Waals surface area contributed by atoms with E-state index in [1.165, 1.54) is 18.5 Å². The second kappa shape index (κ2) is 6.27. The van der Waals surface area contributed by atoms with Crippen molar-refractivity contribution in [3.05, 3.63) is 22.9 Å². The molecule has 0 bridgehead atoms. The van der Waals surface area contributed by atoms with Crippen LogP contribution in [0.15, 0.2) is 27.8 Å². The van der Waals surface area contributed by atoms with Crippen molar-refractivity contribution < 1.29 is 13.5 Å². The molecule has 0 spiro atoms. The molecule has 2 N–H and O–H groups in total. The Kier molecular flexibility index (Phi) is 5.45. The number of nitrogens with zero attached hydrogens (tertiary/aromatic N) is 2. The predicted octanol–water partition coefficient (Wildman–Crippen LogP) is 0.435. The van der Waals surface area contributed by atoms with Crippen molar-refractivity contribution >= 4 is 26.0 Å². The second-order valence-electron chi connectivity index (χ2n) is 4.90. The van der Waals surface area contributed by atoms with Crippen molar-refractivity contribution in [2.24, 2.45) is 0 Å². The number of hydrogen-bond donors (Lipinski definition) is 2. The maximum Gasteiger partial charge on any atom is 0.242 e. The van der Waals surface area contributed by atoms with Gasteiger partial charge in [0.15, 0.2) is 0 Å². The normalized spacial score (nSPS) is 15.5. The number of hydrogen-bond acceptors (Lipinski definition) is 5. The quantitative estimate of drug-likeness (QED) is 0.776. The van der Waals surface area contributed by atoms with Crippen LogP contribution in [0.3, 0.4) is 0 Å². The van der Waals surface area contributed by atoms with Crippen LogP contribution < -0.4 is 4.72 Å². The number of aliphatic hydroxyl groups is 1. The maximum atomic E-state index is 12.0. The first-order valence-corrected chi connectivity index (χ1v) is 7.87. The highest BCUT2D eigenvalue weighted by molar-refractivity contribution is 9.10. The van der Waals surface area contributed by atoms with E-state index in [1.54, 1.807) is 25.9 Å². The first kappa shape index (κ1) is 16.5. The average molecular weight is 352 g/mol. The summed E-state index contributed by atoms with van der Waals surface area (Å²) in [5.74, 6) is 0. The van der Waals surface area contributed by atoms with Gasteiger partial charge in [-0.05, 0) is 43.0 Å². The molecule has 19 heavy (non-hydrogen) atoms. The van der Waals surface area contributed by atoms with Crippen LogP contribution in [0.5, 0.6) is 0 Å². The third kappa shape index (κ3) is 5.53. The minimum atomic E-state index is -3.67. The van der Waals surface area contributed by atoms with Gasteiger partial charge in [0.05, 0.1) is 5.60 Å². The number of halogens is 1. The summed E-state index contributed by atoms with van der Waals surface area (Å²) in [5, 5.41) is 10.1. The highest BCUT2D eigenvalue weighted by Gasteiger charge is 2.25. The lowest BCUT2D eigenvalue weighted by Gasteiger charge is -2.26. The average Bonchev–Trinajstić information content (AvgIpc) is 2.25. The van der Waals surface area contributed by atoms with Gasteiger partial charge in [-0.1, -0.05) is 0 Å². The Morgan fingerprint density at radius 2 is 2.11 bits per heavy atom. The third-order valence-corrected chi connectivity index (χ3v) is 4.09. The van der Waals surface area contributed by atoms with Crippen molar-refractivity contribution in [2.75, 3.05) is 27.2 Å². The zero-order valence-electron chi connectivity index (χ0n) is 11.1. The summed E-state index contributed by atoms with van der Waals surface area (Å²) in [6.45, 7) is 1.86. The molecule has 0 amide bonds. The lowest BCUT2D eigenvalue weighted by Crippen LogP contribution is -2.47. The van der Waals surface area contributed by atoms with Gasteiger partial charge in [-0.2, -0.15) is 0 Å². The molecular formula is C11H18BrN3O3S. The Balaban J connectivity index is 2.76. The fraction of sp³-hybridized carbons (Fsp3) is 0.545. The van der Waals surface area contributed by atoms with E-state index in [-0.39, 0.29) is 11.4 Å². The molecule has 0 aliphatic heterocycles. The highest BCUT2D eigenvalue weighted by atomic mass is 79.9. The minimum Gasteiger partial charge on any atom is -0.387 e. The second-order valence-corrected chi connectivity index (χ2v) is 7.58. The van der Waals surface area contributed by atoms with Crippen LogP contribution >= 0.6 is 15.9 Å². The summed E-state index contributed by atoms with van der Waals surface area (Å²) in [7, 11) is -0.0593. The Hall–Kier alpha value is -0.540. The van der Waals surface area contributed by atoms with Gasteiger partial charge in [-0.15, -0.1) is 0 Å². The first-order chi connectivity index (χ1) is 8.62. The molecule has 0 saturated carbocycles. The molecule has 0 saturated heterocycles. The lowest BCUT2D eigenvalue weighted by molar-refractivity contribution is 0.0386. The summed E-state index contributed by atoms with van der Waals surface area (Å²) in [6.07, 6.45) is 2.76. The smallest absolute Gasteiger partial charge is 0.242 e. The van der Waals surface area contributed by atoms with E-state index >= 15 is 0 Å². The van der Waals surface area contributed by atoms with Crippen molar-refractivity contribution in [1.29, 1.82) is 0 Å². The van der Waals surface area contributed by atoms with Crippen molar-refractivity contribution in [1.82, 2.24) is 14.6 Å². The van der Waals surface area contributed by atoms with Crippen molar-refractivity contribution in [3.63, 3.8) is 0 Å². The summed E-state index contributed by atoms with van der Waals surface area (Å²) in [5.41, 5.74) is -1.14. The van der Waals surface area contributed by atoms with Gasteiger partial charge in [0.25, 0.3) is 0 Å². The topological polar surface area (TPSA) is 82.5 Å². The SMILES string of the molecule is CN(C)CC(C)(O)CNS(=O)(=O)c1cncc(Br)c1. The molecule has 108 valence electrons. The summed E-state index contributed by atoms with van der Waals surface area (Å²) in [6, 6.07) is 1.45. The molecule has 1 aromatic heterocycles. The van der Waals surface area contributed by atoms with Gasteiger partial charge in [-0.3, -0.25) is 4.98 Å². The predicted molar refractivity (Wildman–Crippen MR) is 76.3 cm³/mol. The van der Waals surface area contributed by atoms with Gasteiger partial charge in [0, 0.05) is 30.0 Å². The van der Waals surface area contributed by atoms with Crippen LogP contribution in [-0.2, 0) is 10.0 Å². The number of rotatable bonds is 6. The maximum absolute atomic E-state index is 12.0. The molecule has 1 unspecified atom stereocenters. The fourth-order valence-electron chi connectivity index (χ4n) is 1.61. The van der Waals surface area contributed by atoms with E-state index in [4.69, 9.17) is 0 Å². The fourth-order valence-corrected chi connectivity index (χ4v) is 3.28. The van der Waals surface area contributed by atoms with Crippen LogP contribution in [-0.4, -0.2) is 56.2 Å². The van der Waals surface area contributed by atoms with Gasteiger partial charge in [-0.25, -0.2) is 13.1 Å². The zero-order chi connectivity index (χ0) is 14.7. The van der Waals surface area contributed by atoms with E-state index in [9.17, 15) is 13.5 Å². The Morgan fingerprint density at radius 1 is 1.47 bits per heavy atom. The van der Waals surface area contributed by atoms with E-state index in [2.05, 4.69) is 25.6 Å². The number of nitrogens with one attached hydrogen (secondary N) is 1. The summed E-state index contributed by atoms with van der Waals surface area (Å²) in [4.78, 5) is 5.65. The minimum absolute atomic E-state index is 0.0579. The number of likely N-dealkylation sites (N-methyl/N-ethyl adjacent to an activating group) is 1. The Morgan fingerprint density at radius 3 is 2.63 bits per heavy atom. The lowest BCUT2D eigenvalue weighted by atomic mass is 10.1. The largest absolute Gasteiger partial charge is 0.387 e. The van der Waals surface area contributed by atoms with E-state index in [1.807, 2.05) is 0 Å². The van der Waals surface area contributed by atoms with Gasteiger partial charge >= 0.3 is 0 Å². The number of aromatic nitrogens is 1. The summed E-state index contributed by atoms with van der Waals surface area (Å²) < 4.78 is 27.0. The third-order valence-electron chi connectivity index (χ3n) is 2.29. The number of pyridine rings is 1. The molecule has 0 aliphatic carbocycles. The molecule has 0 aliphatic rings. The van der Waals surface area contributed by atoms with Gasteiger partial charge < -0.3 is 10.0 Å². The molecule has 1 rings (SSSR count). The molecule has 0 radical (unpaired) electrons. The van der Waals surface area contributed by atoms with Crippen molar-refractivity contribution in [2.45, 2.75) is 17.4 Å². The highest BCUT2D eigenvalue weighted by Crippen LogP contribution is 2.14. The van der Waals surface area contributed by atoms with Gasteiger partial charge in [0.2, 0.25) is 10.0 Å². The molecular weight excluding hydrogens is 334 g/mol. The molecule has 6 nitrogen and oxygen atoms in total. The molecule has 0 fully saturated rings. The molecule has 0 aromatic carbocycles. The Bertz CT molecular complexity index is 532. The van der Waals surface area contributed by atoms with Crippen LogP contribution in [0.2, 0.25) is 0 Å². The van der Waals surface area contributed by atoms with Crippen LogP contribution in [0, 0.1) is 0 Å².